The highest BCUT2D eigenvalue weighted by atomic mass is 35.5. The molecule has 0 spiro atoms. The number of halogens is 3. The fourth-order valence-electron chi connectivity index (χ4n) is 2.79. The summed E-state index contributed by atoms with van der Waals surface area (Å²) in [5, 5.41) is 3.03. The third kappa shape index (κ3) is 3.28. The maximum absolute atomic E-state index is 13.9. The summed E-state index contributed by atoms with van der Waals surface area (Å²) in [6.45, 7) is -0.0549. The van der Waals surface area contributed by atoms with Crippen molar-refractivity contribution in [2.45, 2.75) is 25.3 Å². The highest BCUT2D eigenvalue weighted by Gasteiger charge is 2.31. The molecule has 1 aromatic carbocycles. The van der Waals surface area contributed by atoms with E-state index in [1.165, 1.54) is 12.3 Å². The number of hydrogen-bond acceptors (Lipinski definition) is 3. The molecule has 1 aromatic heterocycles. The first-order valence-electron chi connectivity index (χ1n) is 7.36. The molecule has 1 aliphatic rings. The Morgan fingerprint density at radius 2 is 2.17 bits per heavy atom. The average Bonchev–Trinajstić information content (AvgIpc) is 2.54. The average molecular weight is 367 g/mol. The molecule has 1 amide bonds. The molecule has 24 heavy (non-hydrogen) atoms. The maximum Gasteiger partial charge on any atom is 0.227 e. The Morgan fingerprint density at radius 3 is 2.92 bits per heavy atom. The molecule has 0 radical (unpaired) electrons. The van der Waals surface area contributed by atoms with Crippen LogP contribution < -0.4 is 5.32 Å². The number of amides is 1. The molecule has 1 heterocycles. The second-order valence-electron chi connectivity index (χ2n) is 5.52. The van der Waals surface area contributed by atoms with Gasteiger partial charge in [-0.25, -0.2) is 4.39 Å². The SMILES string of the molecule is O=C1CCC(C(=O)NCc2c(F)cc(Cl)cc2Cl)c2cccnc21. The van der Waals surface area contributed by atoms with Gasteiger partial charge in [-0.3, -0.25) is 14.6 Å². The van der Waals surface area contributed by atoms with Crippen molar-refractivity contribution < 1.29 is 14.0 Å². The van der Waals surface area contributed by atoms with Crippen LogP contribution in [0.1, 0.15) is 40.4 Å². The molecule has 1 atom stereocenters. The zero-order valence-corrected chi connectivity index (χ0v) is 14.0. The van der Waals surface area contributed by atoms with E-state index in [1.807, 2.05) is 0 Å². The largest absolute Gasteiger partial charge is 0.351 e. The monoisotopic (exact) mass is 366 g/mol. The van der Waals surface area contributed by atoms with Crippen molar-refractivity contribution in [2.75, 3.05) is 0 Å². The third-order valence-electron chi connectivity index (χ3n) is 4.00. The van der Waals surface area contributed by atoms with Gasteiger partial charge in [-0.1, -0.05) is 29.3 Å². The minimum Gasteiger partial charge on any atom is -0.351 e. The summed E-state index contributed by atoms with van der Waals surface area (Å²) in [6, 6.07) is 5.98. The Kier molecular flexibility index (Phi) is 4.83. The van der Waals surface area contributed by atoms with E-state index in [4.69, 9.17) is 23.2 Å². The smallest absolute Gasteiger partial charge is 0.227 e. The molecule has 0 saturated carbocycles. The van der Waals surface area contributed by atoms with Crippen molar-refractivity contribution in [2.24, 2.45) is 0 Å². The van der Waals surface area contributed by atoms with Gasteiger partial charge in [0.05, 0.1) is 5.92 Å². The second kappa shape index (κ2) is 6.87. The van der Waals surface area contributed by atoms with Crippen molar-refractivity contribution in [3.63, 3.8) is 0 Å². The lowest BCUT2D eigenvalue weighted by atomic mass is 9.84. The number of nitrogens with zero attached hydrogens (tertiary/aromatic N) is 1. The first kappa shape index (κ1) is 16.9. The zero-order chi connectivity index (χ0) is 17.3. The summed E-state index contributed by atoms with van der Waals surface area (Å²) < 4.78 is 13.9. The number of nitrogens with one attached hydrogen (secondary N) is 1. The van der Waals surface area contributed by atoms with Crippen molar-refractivity contribution in [3.05, 3.63) is 63.1 Å². The minimum absolute atomic E-state index is 0.0549. The van der Waals surface area contributed by atoms with Crippen LogP contribution in [0.5, 0.6) is 0 Å². The number of hydrogen-bond donors (Lipinski definition) is 1. The van der Waals surface area contributed by atoms with E-state index in [9.17, 15) is 14.0 Å². The second-order valence-corrected chi connectivity index (χ2v) is 6.37. The Morgan fingerprint density at radius 1 is 1.38 bits per heavy atom. The zero-order valence-electron chi connectivity index (χ0n) is 12.5. The topological polar surface area (TPSA) is 59.1 Å². The summed E-state index contributed by atoms with van der Waals surface area (Å²) in [6.07, 6.45) is 2.19. The lowest BCUT2D eigenvalue weighted by Crippen LogP contribution is -2.32. The molecular weight excluding hydrogens is 354 g/mol. The van der Waals surface area contributed by atoms with Crippen LogP contribution in [0.3, 0.4) is 0 Å². The number of carbonyl (C=O) groups excluding carboxylic acids is 2. The number of rotatable bonds is 3. The molecule has 0 saturated heterocycles. The van der Waals surface area contributed by atoms with E-state index in [0.29, 0.717) is 17.7 Å². The van der Waals surface area contributed by atoms with E-state index in [0.717, 1.165) is 6.07 Å². The number of ketones is 1. The molecule has 1 N–H and O–H groups in total. The standard InChI is InChI=1S/C17H13Cl2FN2O2/c18-9-6-13(19)12(14(20)7-9)8-22-17(24)11-3-4-15(23)16-10(11)2-1-5-21-16/h1-2,5-7,11H,3-4,8H2,(H,22,24). The molecule has 0 aliphatic heterocycles. The highest BCUT2D eigenvalue weighted by Crippen LogP contribution is 2.31. The van der Waals surface area contributed by atoms with Gasteiger partial charge in [-0.2, -0.15) is 0 Å². The number of carbonyl (C=O) groups is 2. The van der Waals surface area contributed by atoms with E-state index < -0.39 is 11.7 Å². The number of fused-ring (bicyclic) bond motifs is 1. The van der Waals surface area contributed by atoms with Gasteiger partial charge in [0, 0.05) is 34.8 Å². The van der Waals surface area contributed by atoms with Gasteiger partial charge in [0.15, 0.2) is 5.78 Å². The van der Waals surface area contributed by atoms with Gasteiger partial charge < -0.3 is 5.32 Å². The molecular formula is C17H13Cl2FN2O2. The molecule has 0 fully saturated rings. The van der Waals surface area contributed by atoms with E-state index >= 15 is 0 Å². The molecule has 124 valence electrons. The molecule has 7 heteroatoms. The number of Topliss-reactive ketones (excluding diaryl/α,β-unsaturated/α-hetero) is 1. The van der Waals surface area contributed by atoms with Crippen molar-refractivity contribution in [1.82, 2.24) is 10.3 Å². The summed E-state index contributed by atoms with van der Waals surface area (Å²) in [4.78, 5) is 28.4. The summed E-state index contributed by atoms with van der Waals surface area (Å²) in [7, 11) is 0. The van der Waals surface area contributed by atoms with Gasteiger partial charge in [0.1, 0.15) is 11.5 Å². The van der Waals surface area contributed by atoms with E-state index in [-0.39, 0.29) is 40.3 Å². The molecule has 3 rings (SSSR count). The van der Waals surface area contributed by atoms with Gasteiger partial charge in [-0.05, 0) is 30.2 Å². The molecule has 4 nitrogen and oxygen atoms in total. The summed E-state index contributed by atoms with van der Waals surface area (Å²) in [5.41, 5.74) is 1.11. The normalized spacial score (nSPS) is 16.6. The first-order valence-corrected chi connectivity index (χ1v) is 8.12. The van der Waals surface area contributed by atoms with E-state index in [1.54, 1.807) is 12.1 Å². The summed E-state index contributed by atoms with van der Waals surface area (Å²) >= 11 is 11.7. The first-order chi connectivity index (χ1) is 11.5. The van der Waals surface area contributed by atoms with Gasteiger partial charge in [0.2, 0.25) is 5.91 Å². The van der Waals surface area contributed by atoms with Gasteiger partial charge >= 0.3 is 0 Å². The van der Waals surface area contributed by atoms with Crippen LogP contribution in [0.2, 0.25) is 10.0 Å². The lowest BCUT2D eigenvalue weighted by molar-refractivity contribution is -0.122. The molecule has 2 aromatic rings. The Bertz CT molecular complexity index is 803. The van der Waals surface area contributed by atoms with Gasteiger partial charge in [-0.15, -0.1) is 0 Å². The lowest BCUT2D eigenvalue weighted by Gasteiger charge is -2.23. The molecule has 0 bridgehead atoms. The molecule has 1 aliphatic carbocycles. The van der Waals surface area contributed by atoms with Crippen LogP contribution in [-0.2, 0) is 11.3 Å². The third-order valence-corrected chi connectivity index (χ3v) is 4.56. The van der Waals surface area contributed by atoms with E-state index in [2.05, 4.69) is 10.3 Å². The number of aromatic nitrogens is 1. The van der Waals surface area contributed by atoms with Crippen molar-refractivity contribution >= 4 is 34.9 Å². The van der Waals surface area contributed by atoms with Crippen LogP contribution in [0, 0.1) is 5.82 Å². The minimum atomic E-state index is -0.575. The Hall–Kier alpha value is -1.98. The van der Waals surface area contributed by atoms with Crippen LogP contribution in [0.4, 0.5) is 4.39 Å². The predicted octanol–water partition coefficient (Wildman–Crippen LogP) is 3.90. The van der Waals surface area contributed by atoms with Gasteiger partial charge in [0.25, 0.3) is 0 Å². The van der Waals surface area contributed by atoms with Crippen molar-refractivity contribution in [1.29, 1.82) is 0 Å². The number of benzene rings is 1. The fourth-order valence-corrected chi connectivity index (χ4v) is 3.33. The summed E-state index contributed by atoms with van der Waals surface area (Å²) in [5.74, 6) is -1.42. The quantitative estimate of drug-likeness (QED) is 0.895. The van der Waals surface area contributed by atoms with Crippen LogP contribution in [0.25, 0.3) is 0 Å². The predicted molar refractivity (Wildman–Crippen MR) is 88.8 cm³/mol. The Labute approximate surface area is 148 Å². The van der Waals surface area contributed by atoms with Crippen molar-refractivity contribution in [3.8, 4) is 0 Å². The Balaban J connectivity index is 1.77. The molecule has 1 unspecified atom stereocenters. The van der Waals surface area contributed by atoms with Crippen LogP contribution in [-0.4, -0.2) is 16.7 Å². The maximum atomic E-state index is 13.9. The fraction of sp³-hybridized carbons (Fsp3) is 0.235. The van der Waals surface area contributed by atoms with Crippen LogP contribution in [0.15, 0.2) is 30.5 Å². The number of pyridine rings is 1. The highest BCUT2D eigenvalue weighted by molar-refractivity contribution is 6.35. The van der Waals surface area contributed by atoms with Crippen LogP contribution >= 0.6 is 23.2 Å².